The minimum Gasteiger partial charge on any atom is -0.497 e. The first kappa shape index (κ1) is 20.8. The Labute approximate surface area is 163 Å². The highest BCUT2D eigenvalue weighted by molar-refractivity contribution is 5.95. The Balaban J connectivity index is 1.84. The standard InChI is InChI=1S/C21H23NO6/c1-4-27-16-8-5-15(6-9-16)7-12-21(24)28-14-20(23)22-18-11-10-17(25-2)13-19(18)26-3/h5-13H,4,14H2,1-3H3,(H,22,23)/b12-7+. The zero-order valence-corrected chi connectivity index (χ0v) is 16.1. The van der Waals surface area contributed by atoms with Crippen LogP contribution in [0, 0.1) is 0 Å². The van der Waals surface area contributed by atoms with E-state index in [0.29, 0.717) is 23.8 Å². The number of carbonyl (C=O) groups is 2. The molecule has 0 unspecified atom stereocenters. The van der Waals surface area contributed by atoms with Crippen LogP contribution in [-0.2, 0) is 14.3 Å². The first-order chi connectivity index (χ1) is 13.5. The van der Waals surface area contributed by atoms with Crippen LogP contribution in [0.3, 0.4) is 0 Å². The molecule has 0 saturated heterocycles. The molecule has 148 valence electrons. The number of hydrogen-bond acceptors (Lipinski definition) is 6. The van der Waals surface area contributed by atoms with E-state index in [2.05, 4.69) is 5.32 Å². The van der Waals surface area contributed by atoms with Crippen molar-refractivity contribution in [1.29, 1.82) is 0 Å². The summed E-state index contributed by atoms with van der Waals surface area (Å²) in [5, 5.41) is 2.63. The summed E-state index contributed by atoms with van der Waals surface area (Å²) in [4.78, 5) is 23.8. The van der Waals surface area contributed by atoms with Gasteiger partial charge in [0.05, 0.1) is 26.5 Å². The van der Waals surface area contributed by atoms with Crippen LogP contribution in [0.1, 0.15) is 12.5 Å². The van der Waals surface area contributed by atoms with Crippen molar-refractivity contribution >= 4 is 23.6 Å². The van der Waals surface area contributed by atoms with E-state index < -0.39 is 18.5 Å². The fraction of sp³-hybridized carbons (Fsp3) is 0.238. The molecular weight excluding hydrogens is 362 g/mol. The summed E-state index contributed by atoms with van der Waals surface area (Å²) in [7, 11) is 3.02. The normalized spacial score (nSPS) is 10.4. The van der Waals surface area contributed by atoms with Gasteiger partial charge in [0.25, 0.3) is 5.91 Å². The van der Waals surface area contributed by atoms with Crippen molar-refractivity contribution in [2.75, 3.05) is 32.8 Å². The summed E-state index contributed by atoms with van der Waals surface area (Å²) < 4.78 is 20.6. The lowest BCUT2D eigenvalue weighted by Gasteiger charge is -2.11. The first-order valence-electron chi connectivity index (χ1n) is 8.65. The number of nitrogens with one attached hydrogen (secondary N) is 1. The van der Waals surface area contributed by atoms with Crippen LogP contribution >= 0.6 is 0 Å². The summed E-state index contributed by atoms with van der Waals surface area (Å²) in [6.45, 7) is 2.08. The van der Waals surface area contributed by atoms with Gasteiger partial charge >= 0.3 is 5.97 Å². The number of ether oxygens (including phenoxy) is 4. The van der Waals surface area contributed by atoms with Gasteiger partial charge in [-0.25, -0.2) is 4.79 Å². The third kappa shape index (κ3) is 6.35. The number of methoxy groups -OCH3 is 2. The van der Waals surface area contributed by atoms with E-state index in [1.807, 2.05) is 31.2 Å². The zero-order valence-electron chi connectivity index (χ0n) is 16.1. The fourth-order valence-corrected chi connectivity index (χ4v) is 2.28. The van der Waals surface area contributed by atoms with Crippen molar-refractivity contribution in [3.05, 3.63) is 54.1 Å². The highest BCUT2D eigenvalue weighted by Crippen LogP contribution is 2.28. The average molecular weight is 385 g/mol. The van der Waals surface area contributed by atoms with E-state index in [1.165, 1.54) is 20.3 Å². The Morgan fingerprint density at radius 3 is 2.36 bits per heavy atom. The molecule has 0 aromatic heterocycles. The second-order valence-corrected chi connectivity index (χ2v) is 5.56. The van der Waals surface area contributed by atoms with Crippen molar-refractivity contribution in [1.82, 2.24) is 0 Å². The summed E-state index contributed by atoms with van der Waals surface area (Å²) in [6.07, 6.45) is 2.86. The number of hydrogen-bond donors (Lipinski definition) is 1. The minimum atomic E-state index is -0.620. The molecule has 1 amide bonds. The highest BCUT2D eigenvalue weighted by Gasteiger charge is 2.10. The van der Waals surface area contributed by atoms with Crippen LogP contribution in [0.15, 0.2) is 48.5 Å². The molecule has 2 rings (SSSR count). The van der Waals surface area contributed by atoms with Crippen LogP contribution in [0.2, 0.25) is 0 Å². The molecule has 2 aromatic rings. The third-order valence-electron chi connectivity index (χ3n) is 3.63. The molecular formula is C21H23NO6. The van der Waals surface area contributed by atoms with Crippen LogP contribution in [0.4, 0.5) is 5.69 Å². The molecule has 7 nitrogen and oxygen atoms in total. The van der Waals surface area contributed by atoms with Crippen molar-refractivity contribution < 1.29 is 28.5 Å². The predicted octanol–water partition coefficient (Wildman–Crippen LogP) is 3.30. The molecule has 0 aliphatic carbocycles. The third-order valence-corrected chi connectivity index (χ3v) is 3.63. The van der Waals surface area contributed by atoms with Crippen LogP contribution < -0.4 is 19.5 Å². The molecule has 0 bridgehead atoms. The number of amides is 1. The van der Waals surface area contributed by atoms with Gasteiger partial charge in [0.1, 0.15) is 17.2 Å². The van der Waals surface area contributed by atoms with Gasteiger partial charge in [-0.2, -0.15) is 0 Å². The molecule has 0 heterocycles. The quantitative estimate of drug-likeness (QED) is 0.527. The van der Waals surface area contributed by atoms with Crippen molar-refractivity contribution in [3.8, 4) is 17.2 Å². The molecule has 0 radical (unpaired) electrons. The second-order valence-electron chi connectivity index (χ2n) is 5.56. The molecule has 0 saturated carbocycles. The Bertz CT molecular complexity index is 829. The van der Waals surface area contributed by atoms with E-state index in [0.717, 1.165) is 11.3 Å². The Morgan fingerprint density at radius 1 is 1.00 bits per heavy atom. The molecule has 1 N–H and O–H groups in total. The Morgan fingerprint density at radius 2 is 1.71 bits per heavy atom. The lowest BCUT2D eigenvalue weighted by molar-refractivity contribution is -0.142. The predicted molar refractivity (Wildman–Crippen MR) is 106 cm³/mol. The number of carbonyl (C=O) groups excluding carboxylic acids is 2. The first-order valence-corrected chi connectivity index (χ1v) is 8.65. The van der Waals surface area contributed by atoms with E-state index in [1.54, 1.807) is 24.3 Å². The Kier molecular flexibility index (Phi) is 7.90. The van der Waals surface area contributed by atoms with E-state index in [-0.39, 0.29) is 0 Å². The zero-order chi connectivity index (χ0) is 20.4. The van der Waals surface area contributed by atoms with Crippen LogP contribution in [-0.4, -0.2) is 39.3 Å². The lowest BCUT2D eigenvalue weighted by Crippen LogP contribution is -2.20. The molecule has 28 heavy (non-hydrogen) atoms. The molecule has 7 heteroatoms. The van der Waals surface area contributed by atoms with Gasteiger partial charge in [-0.1, -0.05) is 12.1 Å². The molecule has 0 aliphatic heterocycles. The number of benzene rings is 2. The topological polar surface area (TPSA) is 83.1 Å². The molecule has 0 atom stereocenters. The molecule has 0 aliphatic rings. The van der Waals surface area contributed by atoms with E-state index in [4.69, 9.17) is 18.9 Å². The molecule has 2 aromatic carbocycles. The summed E-state index contributed by atoms with van der Waals surface area (Å²) >= 11 is 0. The van der Waals surface area contributed by atoms with Gasteiger partial charge in [-0.05, 0) is 42.8 Å². The van der Waals surface area contributed by atoms with Gasteiger partial charge in [-0.15, -0.1) is 0 Å². The van der Waals surface area contributed by atoms with Gasteiger partial charge in [0.2, 0.25) is 0 Å². The average Bonchev–Trinajstić information content (AvgIpc) is 2.72. The van der Waals surface area contributed by atoms with Gasteiger partial charge in [0.15, 0.2) is 6.61 Å². The SMILES string of the molecule is CCOc1ccc(/C=C/C(=O)OCC(=O)Nc2ccc(OC)cc2OC)cc1. The fourth-order valence-electron chi connectivity index (χ4n) is 2.28. The van der Waals surface area contributed by atoms with Gasteiger partial charge < -0.3 is 24.3 Å². The van der Waals surface area contributed by atoms with Gasteiger partial charge in [0, 0.05) is 12.1 Å². The number of esters is 1. The van der Waals surface area contributed by atoms with Gasteiger partial charge in [-0.3, -0.25) is 4.79 Å². The van der Waals surface area contributed by atoms with E-state index in [9.17, 15) is 9.59 Å². The second kappa shape index (κ2) is 10.6. The number of rotatable bonds is 9. The van der Waals surface area contributed by atoms with Crippen molar-refractivity contribution in [2.24, 2.45) is 0 Å². The molecule has 0 fully saturated rings. The van der Waals surface area contributed by atoms with Crippen molar-refractivity contribution in [3.63, 3.8) is 0 Å². The van der Waals surface area contributed by atoms with Crippen LogP contribution in [0.25, 0.3) is 6.08 Å². The highest BCUT2D eigenvalue weighted by atomic mass is 16.5. The maximum Gasteiger partial charge on any atom is 0.331 e. The lowest BCUT2D eigenvalue weighted by atomic mass is 10.2. The monoisotopic (exact) mass is 385 g/mol. The maximum absolute atomic E-state index is 12.0. The molecule has 0 spiro atoms. The van der Waals surface area contributed by atoms with E-state index >= 15 is 0 Å². The van der Waals surface area contributed by atoms with Crippen LogP contribution in [0.5, 0.6) is 17.2 Å². The Hall–Kier alpha value is -3.48. The largest absolute Gasteiger partial charge is 0.497 e. The smallest absolute Gasteiger partial charge is 0.331 e. The van der Waals surface area contributed by atoms with Crippen molar-refractivity contribution in [2.45, 2.75) is 6.92 Å². The number of anilines is 1. The summed E-state index contributed by atoms with van der Waals surface area (Å²) in [5.41, 5.74) is 1.27. The summed E-state index contributed by atoms with van der Waals surface area (Å²) in [6, 6.07) is 12.2. The minimum absolute atomic E-state index is 0.415. The summed E-state index contributed by atoms with van der Waals surface area (Å²) in [5.74, 6) is 0.694. The maximum atomic E-state index is 12.0.